The summed E-state index contributed by atoms with van der Waals surface area (Å²) in [6.07, 6.45) is 5.87. The lowest BCUT2D eigenvalue weighted by Crippen LogP contribution is -3.32. The summed E-state index contributed by atoms with van der Waals surface area (Å²) >= 11 is 0. The molecule has 132 valence electrons. The molecular weight excluding hydrogens is 318 g/mol. The lowest BCUT2D eigenvalue weighted by atomic mass is 10.1. The first-order valence-electron chi connectivity index (χ1n) is 9.63. The minimum absolute atomic E-state index is 0.471. The van der Waals surface area contributed by atoms with Crippen LogP contribution in [0, 0.1) is 0 Å². The molecule has 3 N–H and O–H groups in total. The number of pyridine rings is 1. The summed E-state index contributed by atoms with van der Waals surface area (Å²) in [6, 6.07) is 26.4. The summed E-state index contributed by atoms with van der Waals surface area (Å²) in [5.41, 5.74) is 4.28. The minimum Gasteiger partial charge on any atom is -0.278 e. The van der Waals surface area contributed by atoms with E-state index in [-0.39, 0.29) is 0 Å². The van der Waals surface area contributed by atoms with Gasteiger partial charge in [-0.15, -0.1) is 0 Å². The van der Waals surface area contributed by atoms with Gasteiger partial charge in [-0.2, -0.15) is 0 Å². The van der Waals surface area contributed by atoms with Gasteiger partial charge >= 0.3 is 0 Å². The molecule has 1 saturated heterocycles. The van der Waals surface area contributed by atoms with E-state index in [4.69, 9.17) is 0 Å². The summed E-state index contributed by atoms with van der Waals surface area (Å²) in [4.78, 5) is 6.51. The van der Waals surface area contributed by atoms with Crippen molar-refractivity contribution < 1.29 is 14.8 Å². The maximum Gasteiger partial charge on any atom is 0.241 e. The zero-order chi connectivity index (χ0) is 17.6. The Kier molecular flexibility index (Phi) is 5.38. The Hall–Kier alpha value is -2.49. The molecule has 3 aromatic rings. The molecule has 0 aliphatic carbocycles. The molecule has 1 aliphatic rings. The SMILES string of the molecule is c1ccc(C[NH+]2CCC[NH+](Cc3ccccc3)C2c2cc[nH+]cc2)cc1. The third-order valence-electron chi connectivity index (χ3n) is 5.44. The molecule has 3 nitrogen and oxygen atoms in total. The second kappa shape index (κ2) is 8.26. The van der Waals surface area contributed by atoms with Gasteiger partial charge in [-0.05, 0) is 0 Å². The highest BCUT2D eigenvalue weighted by Gasteiger charge is 2.37. The van der Waals surface area contributed by atoms with Gasteiger partial charge in [-0.25, -0.2) is 4.98 Å². The Bertz CT molecular complexity index is 740. The highest BCUT2D eigenvalue weighted by Crippen LogP contribution is 2.07. The highest BCUT2D eigenvalue weighted by molar-refractivity contribution is 5.15. The molecule has 2 unspecified atom stereocenters. The van der Waals surface area contributed by atoms with Crippen LogP contribution in [0.15, 0.2) is 85.2 Å². The molecule has 1 aliphatic heterocycles. The summed E-state index contributed by atoms with van der Waals surface area (Å²) in [5.74, 6) is 0. The summed E-state index contributed by atoms with van der Waals surface area (Å²) in [6.45, 7) is 4.64. The summed E-state index contributed by atoms with van der Waals surface area (Å²) < 4.78 is 0. The molecule has 1 fully saturated rings. The van der Waals surface area contributed by atoms with Crippen molar-refractivity contribution in [2.24, 2.45) is 0 Å². The fraction of sp³-hybridized carbons (Fsp3) is 0.261. The fourth-order valence-electron chi connectivity index (χ4n) is 4.28. The lowest BCUT2D eigenvalue weighted by Gasteiger charge is -2.38. The molecule has 0 amide bonds. The fourth-order valence-corrected chi connectivity index (χ4v) is 4.28. The maximum absolute atomic E-state index is 3.18. The van der Waals surface area contributed by atoms with Gasteiger partial charge in [0.1, 0.15) is 13.1 Å². The van der Waals surface area contributed by atoms with E-state index in [0.717, 1.165) is 13.1 Å². The number of nitrogens with one attached hydrogen (secondary N) is 3. The molecule has 26 heavy (non-hydrogen) atoms. The summed E-state index contributed by atoms with van der Waals surface area (Å²) in [5, 5.41) is 0. The molecule has 1 aromatic heterocycles. The molecule has 2 aromatic carbocycles. The van der Waals surface area contributed by atoms with Crippen LogP contribution in [0.25, 0.3) is 0 Å². The standard InChI is InChI=1S/C23H25N3/c1-3-8-20(9-4-1)18-25-16-7-17-26(19-21-10-5-2-6-11-21)23(25)22-12-14-24-15-13-22/h1-6,8-15,23H,7,16-19H2/p+3. The Morgan fingerprint density at radius 1 is 0.692 bits per heavy atom. The van der Waals surface area contributed by atoms with E-state index in [1.807, 2.05) is 0 Å². The van der Waals surface area contributed by atoms with Crippen LogP contribution in [-0.2, 0) is 13.1 Å². The lowest BCUT2D eigenvalue weighted by molar-refractivity contribution is -1.16. The molecular formula is C23H28N3+3. The number of aromatic amines is 1. The minimum atomic E-state index is 0.471. The third kappa shape index (κ3) is 4.01. The predicted molar refractivity (Wildman–Crippen MR) is 102 cm³/mol. The van der Waals surface area contributed by atoms with Gasteiger partial charge in [-0.3, -0.25) is 9.80 Å². The number of rotatable bonds is 5. The quantitative estimate of drug-likeness (QED) is 0.690. The van der Waals surface area contributed by atoms with Crippen molar-refractivity contribution in [3.8, 4) is 0 Å². The Balaban J connectivity index is 1.62. The van der Waals surface area contributed by atoms with Crippen LogP contribution in [0.1, 0.15) is 29.3 Å². The van der Waals surface area contributed by atoms with Crippen molar-refractivity contribution in [2.45, 2.75) is 25.7 Å². The number of hydrogen-bond acceptors (Lipinski definition) is 0. The average molecular weight is 346 g/mol. The van der Waals surface area contributed by atoms with Gasteiger partial charge in [-0.1, -0.05) is 60.7 Å². The molecule has 4 rings (SSSR count). The van der Waals surface area contributed by atoms with Crippen molar-refractivity contribution in [1.29, 1.82) is 0 Å². The molecule has 2 heterocycles. The topological polar surface area (TPSA) is 23.0 Å². The molecule has 0 spiro atoms. The van der Waals surface area contributed by atoms with E-state index in [9.17, 15) is 0 Å². The molecule has 0 saturated carbocycles. The number of H-pyrrole nitrogens is 1. The van der Waals surface area contributed by atoms with Crippen molar-refractivity contribution in [1.82, 2.24) is 0 Å². The number of quaternary nitrogens is 2. The van der Waals surface area contributed by atoms with Gasteiger partial charge in [0.25, 0.3) is 0 Å². The number of aromatic nitrogens is 1. The van der Waals surface area contributed by atoms with E-state index in [1.165, 1.54) is 36.2 Å². The first-order chi connectivity index (χ1) is 12.9. The van der Waals surface area contributed by atoms with Gasteiger partial charge < -0.3 is 0 Å². The zero-order valence-electron chi connectivity index (χ0n) is 15.2. The normalized spacial score (nSPS) is 22.8. The van der Waals surface area contributed by atoms with Crippen molar-refractivity contribution in [3.63, 3.8) is 0 Å². The Morgan fingerprint density at radius 2 is 1.19 bits per heavy atom. The second-order valence-electron chi connectivity index (χ2n) is 7.26. The van der Waals surface area contributed by atoms with Crippen LogP contribution < -0.4 is 14.8 Å². The van der Waals surface area contributed by atoms with Crippen LogP contribution in [0.2, 0.25) is 0 Å². The molecule has 0 radical (unpaired) electrons. The average Bonchev–Trinajstić information content (AvgIpc) is 2.70. The molecule has 0 bridgehead atoms. The van der Waals surface area contributed by atoms with Gasteiger partial charge in [0.15, 0.2) is 12.4 Å². The van der Waals surface area contributed by atoms with Crippen LogP contribution in [0.3, 0.4) is 0 Å². The van der Waals surface area contributed by atoms with Crippen LogP contribution >= 0.6 is 0 Å². The maximum atomic E-state index is 3.18. The first-order valence-corrected chi connectivity index (χ1v) is 9.63. The Morgan fingerprint density at radius 3 is 1.69 bits per heavy atom. The third-order valence-corrected chi connectivity index (χ3v) is 5.44. The highest BCUT2D eigenvalue weighted by atomic mass is 15.4. The van der Waals surface area contributed by atoms with Crippen LogP contribution in [0.4, 0.5) is 0 Å². The van der Waals surface area contributed by atoms with Crippen LogP contribution in [-0.4, -0.2) is 13.1 Å². The molecule has 2 atom stereocenters. The number of benzene rings is 2. The first kappa shape index (κ1) is 17.0. The number of hydrogen-bond donors (Lipinski definition) is 2. The van der Waals surface area contributed by atoms with Crippen molar-refractivity contribution in [2.75, 3.05) is 13.1 Å². The van der Waals surface area contributed by atoms with E-state index >= 15 is 0 Å². The zero-order valence-corrected chi connectivity index (χ0v) is 15.2. The van der Waals surface area contributed by atoms with Crippen molar-refractivity contribution >= 4 is 0 Å². The van der Waals surface area contributed by atoms with E-state index in [2.05, 4.69) is 90.2 Å². The van der Waals surface area contributed by atoms with Crippen LogP contribution in [0.5, 0.6) is 0 Å². The largest absolute Gasteiger partial charge is 0.278 e. The van der Waals surface area contributed by atoms with E-state index in [0.29, 0.717) is 6.17 Å². The monoisotopic (exact) mass is 346 g/mol. The summed E-state index contributed by atoms with van der Waals surface area (Å²) in [7, 11) is 0. The van der Waals surface area contributed by atoms with E-state index in [1.54, 1.807) is 9.80 Å². The van der Waals surface area contributed by atoms with Gasteiger partial charge in [0, 0.05) is 29.7 Å². The van der Waals surface area contributed by atoms with Gasteiger partial charge in [0.05, 0.1) is 18.7 Å². The van der Waals surface area contributed by atoms with E-state index < -0.39 is 0 Å². The smallest absolute Gasteiger partial charge is 0.241 e. The Labute approximate surface area is 155 Å². The predicted octanol–water partition coefficient (Wildman–Crippen LogP) is 1.07. The van der Waals surface area contributed by atoms with Crippen molar-refractivity contribution in [3.05, 3.63) is 102 Å². The molecule has 3 heteroatoms. The van der Waals surface area contributed by atoms with Gasteiger partial charge in [0.2, 0.25) is 6.17 Å². The second-order valence-corrected chi connectivity index (χ2v) is 7.26.